The minimum Gasteiger partial charge on any atom is -0.506 e. The maximum atomic E-state index is 12.8. The molecule has 41 heavy (non-hydrogen) atoms. The van der Waals surface area contributed by atoms with Crippen molar-refractivity contribution in [3.8, 4) is 17.2 Å². The van der Waals surface area contributed by atoms with Gasteiger partial charge in [-0.25, -0.2) is 0 Å². The number of hydrogen-bond donors (Lipinski definition) is 4. The number of phenolic OH excluding ortho intramolecular Hbond substituents is 1. The molecular formula is C34H39NO6. The number of benzene rings is 2. The predicted octanol–water partition coefficient (Wildman–Crippen LogP) is 6.73. The molecule has 0 aromatic heterocycles. The third kappa shape index (κ3) is 3.44. The number of aromatic hydroxyl groups is 1. The highest BCUT2D eigenvalue weighted by molar-refractivity contribution is 5.81. The molecule has 5 N–H and O–H groups in total. The van der Waals surface area contributed by atoms with E-state index in [1.165, 1.54) is 18.1 Å². The predicted molar refractivity (Wildman–Crippen MR) is 152 cm³/mol. The minimum absolute atomic E-state index is 0.00276. The Hall–Kier alpha value is -3.22. The van der Waals surface area contributed by atoms with E-state index < -0.39 is 22.8 Å². The van der Waals surface area contributed by atoms with Gasteiger partial charge in [0.05, 0.1) is 16.5 Å². The molecule has 2 aromatic carbocycles. The fourth-order valence-electron chi connectivity index (χ4n) is 12.3. The lowest BCUT2D eigenvalue weighted by molar-refractivity contribution is -0.251. The monoisotopic (exact) mass is 557 g/mol. The Morgan fingerprint density at radius 1 is 0.707 bits per heavy atom. The first-order chi connectivity index (χ1) is 19.5. The number of carboxylic acids is 2. The molecule has 8 bridgehead atoms. The van der Waals surface area contributed by atoms with Crippen molar-refractivity contribution >= 4 is 17.6 Å². The lowest BCUT2D eigenvalue weighted by atomic mass is 9.29. The summed E-state index contributed by atoms with van der Waals surface area (Å²) >= 11 is 0. The molecule has 216 valence electrons. The fourth-order valence-corrected chi connectivity index (χ4v) is 12.3. The van der Waals surface area contributed by atoms with E-state index >= 15 is 0 Å². The van der Waals surface area contributed by atoms with Gasteiger partial charge in [0.1, 0.15) is 17.2 Å². The van der Waals surface area contributed by atoms with Crippen LogP contribution in [0.1, 0.15) is 82.6 Å². The molecule has 0 radical (unpaired) electrons. The van der Waals surface area contributed by atoms with Crippen LogP contribution >= 0.6 is 0 Å². The number of phenols is 1. The Labute approximate surface area is 240 Å². The molecule has 0 heterocycles. The number of carbonyl (C=O) groups is 2. The summed E-state index contributed by atoms with van der Waals surface area (Å²) in [6.45, 7) is 0. The van der Waals surface area contributed by atoms with Crippen LogP contribution in [0.5, 0.6) is 17.2 Å². The quantitative estimate of drug-likeness (QED) is 0.229. The maximum absolute atomic E-state index is 12.8. The highest BCUT2D eigenvalue weighted by Gasteiger charge is 2.75. The van der Waals surface area contributed by atoms with Gasteiger partial charge >= 0.3 is 11.9 Å². The number of hydrogen-bond acceptors (Lipinski definition) is 5. The first kappa shape index (κ1) is 25.5. The van der Waals surface area contributed by atoms with Gasteiger partial charge in [-0.2, -0.15) is 0 Å². The van der Waals surface area contributed by atoms with Crippen LogP contribution in [0.4, 0.5) is 5.69 Å². The Morgan fingerprint density at radius 2 is 1.29 bits per heavy atom. The average molecular weight is 558 g/mol. The molecule has 8 saturated carbocycles. The van der Waals surface area contributed by atoms with Gasteiger partial charge in [0.25, 0.3) is 0 Å². The number of ether oxygens (including phenoxy) is 1. The average Bonchev–Trinajstić information content (AvgIpc) is 2.90. The second-order valence-corrected chi connectivity index (χ2v) is 15.3. The zero-order valence-corrected chi connectivity index (χ0v) is 23.4. The van der Waals surface area contributed by atoms with E-state index in [4.69, 9.17) is 10.5 Å². The molecule has 0 saturated heterocycles. The molecule has 0 aliphatic heterocycles. The number of rotatable bonds is 6. The van der Waals surface area contributed by atoms with Crippen molar-refractivity contribution in [3.05, 3.63) is 48.0 Å². The van der Waals surface area contributed by atoms with Gasteiger partial charge < -0.3 is 25.8 Å². The van der Waals surface area contributed by atoms with Crippen LogP contribution in [-0.2, 0) is 15.0 Å². The van der Waals surface area contributed by atoms with Crippen LogP contribution in [-0.4, -0.2) is 27.3 Å². The molecule has 4 unspecified atom stereocenters. The van der Waals surface area contributed by atoms with Gasteiger partial charge in [-0.15, -0.1) is 0 Å². The van der Waals surface area contributed by atoms with Crippen molar-refractivity contribution < 1.29 is 29.6 Å². The number of carboxylic acid groups (broad SMARTS) is 2. The van der Waals surface area contributed by atoms with E-state index in [1.807, 2.05) is 12.1 Å². The fraction of sp³-hybridized carbons (Fsp3) is 0.588. The van der Waals surface area contributed by atoms with Crippen molar-refractivity contribution in [2.24, 2.45) is 39.4 Å². The zero-order chi connectivity index (χ0) is 28.4. The molecule has 0 amide bonds. The molecule has 8 aliphatic rings. The summed E-state index contributed by atoms with van der Waals surface area (Å²) in [5.74, 6) is 1.12. The summed E-state index contributed by atoms with van der Waals surface area (Å²) < 4.78 is 6.01. The van der Waals surface area contributed by atoms with Crippen LogP contribution in [0.25, 0.3) is 0 Å². The molecule has 8 fully saturated rings. The highest BCUT2D eigenvalue weighted by Crippen LogP contribution is 2.80. The molecule has 2 aromatic rings. The number of nitrogen functional groups attached to an aromatic ring is 1. The smallest absolute Gasteiger partial charge is 0.309 e. The van der Waals surface area contributed by atoms with Gasteiger partial charge in [-0.05, 0) is 141 Å². The molecule has 8 aliphatic carbocycles. The summed E-state index contributed by atoms with van der Waals surface area (Å²) in [5.41, 5.74) is 5.45. The number of anilines is 1. The van der Waals surface area contributed by atoms with E-state index in [2.05, 4.69) is 12.1 Å². The third-order valence-electron chi connectivity index (χ3n) is 12.9. The Morgan fingerprint density at radius 3 is 1.88 bits per heavy atom. The molecule has 7 heteroatoms. The molecule has 4 atom stereocenters. The summed E-state index contributed by atoms with van der Waals surface area (Å²) in [7, 11) is 0. The molecular weight excluding hydrogens is 518 g/mol. The van der Waals surface area contributed by atoms with Gasteiger partial charge in [-0.3, -0.25) is 9.59 Å². The lowest BCUT2D eigenvalue weighted by Gasteiger charge is -2.74. The van der Waals surface area contributed by atoms with Gasteiger partial charge in [0.15, 0.2) is 0 Å². The SMILES string of the molecule is Nc1ccc(Oc2ccc(C34CC5CC(C3)CC(C36CC7CC(C(=O)O)(CC(C(=O)O)(C7)C3)C6)(C5)C4)cc2)cc1O. The Balaban J connectivity index is 1.15. The van der Waals surface area contributed by atoms with E-state index in [0.29, 0.717) is 61.1 Å². The first-order valence-electron chi connectivity index (χ1n) is 15.3. The van der Waals surface area contributed by atoms with Crippen LogP contribution in [0, 0.1) is 39.4 Å². The second kappa shape index (κ2) is 7.99. The van der Waals surface area contributed by atoms with Gasteiger partial charge in [0.2, 0.25) is 0 Å². The van der Waals surface area contributed by atoms with Crippen LogP contribution in [0.3, 0.4) is 0 Å². The van der Waals surface area contributed by atoms with Crippen molar-refractivity contribution in [2.45, 2.75) is 82.5 Å². The summed E-state index contributed by atoms with van der Waals surface area (Å²) in [6.07, 6.45) is 10.8. The second-order valence-electron chi connectivity index (χ2n) is 15.3. The van der Waals surface area contributed by atoms with Crippen molar-refractivity contribution in [1.82, 2.24) is 0 Å². The summed E-state index contributed by atoms with van der Waals surface area (Å²) in [4.78, 5) is 25.7. The van der Waals surface area contributed by atoms with E-state index in [1.54, 1.807) is 12.1 Å². The summed E-state index contributed by atoms with van der Waals surface area (Å²) in [6, 6.07) is 13.3. The topological polar surface area (TPSA) is 130 Å². The molecule has 0 spiro atoms. The Bertz CT molecular complexity index is 1420. The first-order valence-corrected chi connectivity index (χ1v) is 15.3. The largest absolute Gasteiger partial charge is 0.506 e. The van der Waals surface area contributed by atoms with E-state index in [-0.39, 0.29) is 27.9 Å². The highest BCUT2D eigenvalue weighted by atomic mass is 16.5. The van der Waals surface area contributed by atoms with Crippen LogP contribution in [0.15, 0.2) is 42.5 Å². The van der Waals surface area contributed by atoms with E-state index in [9.17, 15) is 24.9 Å². The van der Waals surface area contributed by atoms with Crippen LogP contribution in [0.2, 0.25) is 0 Å². The van der Waals surface area contributed by atoms with E-state index in [0.717, 1.165) is 38.5 Å². The van der Waals surface area contributed by atoms with Gasteiger partial charge in [0, 0.05) is 6.07 Å². The lowest BCUT2D eigenvalue weighted by Crippen LogP contribution is -2.69. The number of aliphatic carboxylic acids is 2. The maximum Gasteiger partial charge on any atom is 0.309 e. The van der Waals surface area contributed by atoms with Crippen molar-refractivity contribution in [3.63, 3.8) is 0 Å². The normalized spacial score (nSPS) is 43.3. The molecule has 7 nitrogen and oxygen atoms in total. The standard InChI is InChI=1S/C34H39NO6/c35-26-6-5-25(8-27(26)36)41-24-3-1-23(2-4-24)30-9-20-7-21(10-30)14-33(13-20,17-30)34-15-22-11-31(18-34,28(37)38)16-32(12-22,19-34)29(39)40/h1-6,8,20-22,36H,7,9-19,35H2,(H,37,38)(H,39,40). The third-order valence-corrected chi connectivity index (χ3v) is 12.9. The molecule has 10 rings (SSSR count). The van der Waals surface area contributed by atoms with Crippen molar-refractivity contribution in [2.75, 3.05) is 5.73 Å². The zero-order valence-electron chi connectivity index (χ0n) is 23.4. The Kier molecular flexibility index (Phi) is 4.97. The minimum atomic E-state index is -0.885. The van der Waals surface area contributed by atoms with Crippen LogP contribution < -0.4 is 10.5 Å². The van der Waals surface area contributed by atoms with Gasteiger partial charge in [-0.1, -0.05) is 12.1 Å². The number of nitrogens with two attached hydrogens (primary N) is 1. The van der Waals surface area contributed by atoms with Crippen molar-refractivity contribution in [1.29, 1.82) is 0 Å². The summed E-state index contributed by atoms with van der Waals surface area (Å²) in [5, 5.41) is 31.0.